The monoisotopic (exact) mass is 194 g/mol. The molecule has 0 aromatic carbocycles. The van der Waals surface area contributed by atoms with Gasteiger partial charge in [0.2, 0.25) is 0 Å². The summed E-state index contributed by atoms with van der Waals surface area (Å²) in [5.41, 5.74) is 2.48. The Kier molecular flexibility index (Phi) is 7.90. The molecule has 2 N–H and O–H groups in total. The lowest BCUT2D eigenvalue weighted by Crippen LogP contribution is -2.03. The lowest BCUT2D eigenvalue weighted by atomic mass is 10.1. The summed E-state index contributed by atoms with van der Waals surface area (Å²) in [6.45, 7) is 7.28. The molecular weight excluding hydrogens is 172 g/mol. The minimum absolute atomic E-state index is 0.972. The van der Waals surface area contributed by atoms with Gasteiger partial charge in [0.15, 0.2) is 0 Å². The summed E-state index contributed by atoms with van der Waals surface area (Å²) in [5.74, 6) is 0. The van der Waals surface area contributed by atoms with Crippen LogP contribution in [0, 0.1) is 5.41 Å². The molecule has 0 amide bonds. The Morgan fingerprint density at radius 2 is 2.00 bits per heavy atom. The summed E-state index contributed by atoms with van der Waals surface area (Å²) in [5, 5.41) is 10.4. The SMILES string of the molecule is CC/C=C(\C=N)CC/C(C)=C/NCC. The summed E-state index contributed by atoms with van der Waals surface area (Å²) < 4.78 is 0. The van der Waals surface area contributed by atoms with Gasteiger partial charge in [0.05, 0.1) is 0 Å². The van der Waals surface area contributed by atoms with Crippen molar-refractivity contribution >= 4 is 6.21 Å². The highest BCUT2D eigenvalue weighted by Gasteiger charge is 1.94. The van der Waals surface area contributed by atoms with Crippen molar-refractivity contribution in [3.63, 3.8) is 0 Å². The Labute approximate surface area is 87.6 Å². The fourth-order valence-electron chi connectivity index (χ4n) is 1.19. The maximum atomic E-state index is 7.22. The smallest absolute Gasteiger partial charge is 0.0206 e. The minimum Gasteiger partial charge on any atom is -0.391 e. The van der Waals surface area contributed by atoms with E-state index in [1.165, 1.54) is 11.8 Å². The van der Waals surface area contributed by atoms with Crippen molar-refractivity contribution in [1.29, 1.82) is 5.41 Å². The number of nitrogens with one attached hydrogen (secondary N) is 2. The Bertz CT molecular complexity index is 214. The Balaban J connectivity index is 3.90. The van der Waals surface area contributed by atoms with E-state index in [9.17, 15) is 0 Å². The van der Waals surface area contributed by atoms with Gasteiger partial charge >= 0.3 is 0 Å². The number of allylic oxidation sites excluding steroid dienone is 3. The highest BCUT2D eigenvalue weighted by Crippen LogP contribution is 2.09. The van der Waals surface area contributed by atoms with Gasteiger partial charge in [-0.25, -0.2) is 0 Å². The predicted octanol–water partition coefficient (Wildman–Crippen LogP) is 3.27. The van der Waals surface area contributed by atoms with E-state index in [0.29, 0.717) is 0 Å². The van der Waals surface area contributed by atoms with Crippen LogP contribution < -0.4 is 5.32 Å². The van der Waals surface area contributed by atoms with Gasteiger partial charge in [0, 0.05) is 12.8 Å². The second kappa shape index (κ2) is 8.54. The van der Waals surface area contributed by atoms with E-state index < -0.39 is 0 Å². The molecule has 80 valence electrons. The molecule has 0 spiro atoms. The number of hydrogen-bond donors (Lipinski definition) is 2. The molecule has 0 aliphatic heterocycles. The second-order valence-corrected chi connectivity index (χ2v) is 3.38. The molecule has 2 nitrogen and oxygen atoms in total. The van der Waals surface area contributed by atoms with Gasteiger partial charge < -0.3 is 10.7 Å². The third-order valence-electron chi connectivity index (χ3n) is 2.01. The quantitative estimate of drug-likeness (QED) is 0.599. The van der Waals surface area contributed by atoms with Crippen LogP contribution in [0.5, 0.6) is 0 Å². The molecule has 0 saturated carbocycles. The van der Waals surface area contributed by atoms with Gasteiger partial charge in [-0.2, -0.15) is 0 Å². The van der Waals surface area contributed by atoms with Crippen LogP contribution in [0.2, 0.25) is 0 Å². The minimum atomic E-state index is 0.972. The molecule has 0 aromatic rings. The molecule has 0 aromatic heterocycles. The van der Waals surface area contributed by atoms with Crippen molar-refractivity contribution in [2.45, 2.75) is 40.0 Å². The highest BCUT2D eigenvalue weighted by atomic mass is 14.8. The van der Waals surface area contributed by atoms with Crippen LogP contribution in [0.15, 0.2) is 23.4 Å². The van der Waals surface area contributed by atoms with E-state index >= 15 is 0 Å². The Morgan fingerprint density at radius 3 is 2.50 bits per heavy atom. The van der Waals surface area contributed by atoms with Crippen LogP contribution in [0.25, 0.3) is 0 Å². The third kappa shape index (κ3) is 6.46. The summed E-state index contributed by atoms with van der Waals surface area (Å²) in [6.07, 6.45) is 8.67. The molecule has 14 heavy (non-hydrogen) atoms. The molecule has 0 atom stereocenters. The standard InChI is InChI=1S/C12H22N2/c1-4-6-12(9-13)8-7-11(3)10-14-5-2/h6,9-10,13-14H,4-5,7-8H2,1-3H3/b11-10+,12-6-,13-9?. The Hall–Kier alpha value is -1.05. The molecule has 0 radical (unpaired) electrons. The predicted molar refractivity (Wildman–Crippen MR) is 63.8 cm³/mol. The maximum absolute atomic E-state index is 7.22. The lowest BCUT2D eigenvalue weighted by Gasteiger charge is -2.03. The van der Waals surface area contributed by atoms with E-state index in [1.54, 1.807) is 0 Å². The van der Waals surface area contributed by atoms with Crippen LogP contribution in [0.3, 0.4) is 0 Å². The molecule has 0 bridgehead atoms. The zero-order chi connectivity index (χ0) is 10.8. The van der Waals surface area contributed by atoms with Crippen LogP contribution in [-0.2, 0) is 0 Å². The van der Waals surface area contributed by atoms with Gasteiger partial charge in [0.1, 0.15) is 0 Å². The topological polar surface area (TPSA) is 35.9 Å². The fraction of sp³-hybridized carbons (Fsp3) is 0.583. The van der Waals surface area contributed by atoms with E-state index in [2.05, 4.69) is 38.4 Å². The summed E-state index contributed by atoms with van der Waals surface area (Å²) in [7, 11) is 0. The van der Waals surface area contributed by atoms with E-state index in [0.717, 1.165) is 31.4 Å². The molecular formula is C12H22N2. The number of hydrogen-bond acceptors (Lipinski definition) is 2. The molecule has 0 saturated heterocycles. The van der Waals surface area contributed by atoms with Crippen LogP contribution >= 0.6 is 0 Å². The molecule has 0 fully saturated rings. The van der Waals surface area contributed by atoms with Crippen LogP contribution in [0.1, 0.15) is 40.0 Å². The van der Waals surface area contributed by atoms with Crippen molar-refractivity contribution in [2.75, 3.05) is 6.54 Å². The third-order valence-corrected chi connectivity index (χ3v) is 2.01. The first-order chi connectivity index (χ1) is 6.74. The molecule has 0 heterocycles. The normalized spacial score (nSPS) is 12.8. The zero-order valence-corrected chi connectivity index (χ0v) is 9.56. The van der Waals surface area contributed by atoms with Crippen molar-refractivity contribution < 1.29 is 0 Å². The van der Waals surface area contributed by atoms with Crippen molar-refractivity contribution in [1.82, 2.24) is 5.32 Å². The second-order valence-electron chi connectivity index (χ2n) is 3.38. The first kappa shape index (κ1) is 12.9. The van der Waals surface area contributed by atoms with Gasteiger partial charge in [-0.15, -0.1) is 0 Å². The van der Waals surface area contributed by atoms with E-state index in [1.807, 2.05) is 0 Å². The zero-order valence-electron chi connectivity index (χ0n) is 9.56. The van der Waals surface area contributed by atoms with Crippen LogP contribution in [-0.4, -0.2) is 12.8 Å². The molecule has 0 rings (SSSR count). The van der Waals surface area contributed by atoms with Gasteiger partial charge in [-0.3, -0.25) is 0 Å². The van der Waals surface area contributed by atoms with Crippen molar-refractivity contribution in [3.8, 4) is 0 Å². The van der Waals surface area contributed by atoms with E-state index in [4.69, 9.17) is 5.41 Å². The molecule has 0 unspecified atom stereocenters. The van der Waals surface area contributed by atoms with Gasteiger partial charge in [-0.05, 0) is 44.9 Å². The molecule has 2 heteroatoms. The lowest BCUT2D eigenvalue weighted by molar-refractivity contribution is 0.872. The average molecular weight is 194 g/mol. The molecule has 0 aliphatic carbocycles. The average Bonchev–Trinajstić information content (AvgIpc) is 2.21. The maximum Gasteiger partial charge on any atom is 0.0206 e. The summed E-state index contributed by atoms with van der Waals surface area (Å²) in [6, 6.07) is 0. The van der Waals surface area contributed by atoms with Crippen molar-refractivity contribution in [3.05, 3.63) is 23.4 Å². The fourth-order valence-corrected chi connectivity index (χ4v) is 1.19. The van der Waals surface area contributed by atoms with Gasteiger partial charge in [0.25, 0.3) is 0 Å². The van der Waals surface area contributed by atoms with E-state index in [-0.39, 0.29) is 0 Å². The van der Waals surface area contributed by atoms with Crippen molar-refractivity contribution in [2.24, 2.45) is 0 Å². The summed E-state index contributed by atoms with van der Waals surface area (Å²) >= 11 is 0. The first-order valence-electron chi connectivity index (χ1n) is 5.33. The largest absolute Gasteiger partial charge is 0.391 e. The van der Waals surface area contributed by atoms with Gasteiger partial charge in [-0.1, -0.05) is 18.6 Å². The van der Waals surface area contributed by atoms with Crippen LogP contribution in [0.4, 0.5) is 0 Å². The first-order valence-corrected chi connectivity index (χ1v) is 5.33. The molecule has 0 aliphatic rings. The Morgan fingerprint density at radius 1 is 1.29 bits per heavy atom. The number of rotatable bonds is 7. The highest BCUT2D eigenvalue weighted by molar-refractivity contribution is 5.75. The summed E-state index contributed by atoms with van der Waals surface area (Å²) in [4.78, 5) is 0.